The van der Waals surface area contributed by atoms with Crippen LogP contribution in [0.25, 0.3) is 77.2 Å². The maximum absolute atomic E-state index is 6.79. The van der Waals surface area contributed by atoms with Gasteiger partial charge in [-0.1, -0.05) is 152 Å². The van der Waals surface area contributed by atoms with E-state index >= 15 is 0 Å². The van der Waals surface area contributed by atoms with E-state index < -0.39 is 0 Å². The van der Waals surface area contributed by atoms with Gasteiger partial charge in [0, 0.05) is 16.5 Å². The van der Waals surface area contributed by atoms with Crippen LogP contribution in [-0.2, 0) is 0 Å². The molecule has 0 bridgehead atoms. The molecular weight excluding hydrogens is 496 g/mol. The van der Waals surface area contributed by atoms with Gasteiger partial charge in [-0.05, 0) is 55.4 Å². The summed E-state index contributed by atoms with van der Waals surface area (Å²) in [7, 11) is 0. The number of furan rings is 1. The standard InChI is InChI=1S/C40H26O/c1-3-15-27(16-4-1)29-19-7-8-20-30(29)38-31-21-9-11-23-33(31)39(34-24-12-10-22-32(34)38)40-37(28-17-5-2-6-18-28)35-25-13-14-26-36(35)41-40/h1-26H. The molecule has 0 radical (unpaired) electrons. The molecule has 0 saturated heterocycles. The van der Waals surface area contributed by atoms with Gasteiger partial charge in [-0.15, -0.1) is 0 Å². The summed E-state index contributed by atoms with van der Waals surface area (Å²) < 4.78 is 6.79. The van der Waals surface area contributed by atoms with Crippen molar-refractivity contribution < 1.29 is 4.42 Å². The van der Waals surface area contributed by atoms with Crippen molar-refractivity contribution in [3.05, 3.63) is 158 Å². The first-order valence-electron chi connectivity index (χ1n) is 14.0. The van der Waals surface area contributed by atoms with Crippen LogP contribution >= 0.6 is 0 Å². The number of hydrogen-bond acceptors (Lipinski definition) is 1. The van der Waals surface area contributed by atoms with E-state index in [1.54, 1.807) is 0 Å². The normalized spacial score (nSPS) is 11.4. The van der Waals surface area contributed by atoms with Crippen LogP contribution < -0.4 is 0 Å². The minimum atomic E-state index is 0.896. The number of benzene rings is 7. The first-order chi connectivity index (χ1) is 20.4. The van der Waals surface area contributed by atoms with Crippen LogP contribution in [0.4, 0.5) is 0 Å². The molecule has 0 amide bonds. The monoisotopic (exact) mass is 522 g/mol. The highest BCUT2D eigenvalue weighted by molar-refractivity contribution is 6.23. The van der Waals surface area contributed by atoms with Crippen molar-refractivity contribution >= 4 is 32.5 Å². The molecule has 0 fully saturated rings. The molecule has 8 aromatic rings. The molecule has 0 spiro atoms. The van der Waals surface area contributed by atoms with Crippen LogP contribution in [0.5, 0.6) is 0 Å². The SMILES string of the molecule is c1ccc(-c2ccccc2-c2c3ccccc3c(-c3oc4ccccc4c3-c3ccccc3)c3ccccc23)cc1. The summed E-state index contributed by atoms with van der Waals surface area (Å²) >= 11 is 0. The quantitative estimate of drug-likeness (QED) is 0.210. The van der Waals surface area contributed by atoms with Crippen LogP contribution in [0.2, 0.25) is 0 Å². The smallest absolute Gasteiger partial charge is 0.144 e. The lowest BCUT2D eigenvalue weighted by Gasteiger charge is -2.19. The molecule has 41 heavy (non-hydrogen) atoms. The lowest BCUT2D eigenvalue weighted by molar-refractivity contribution is 0.634. The van der Waals surface area contributed by atoms with Crippen molar-refractivity contribution in [3.8, 4) is 44.7 Å². The van der Waals surface area contributed by atoms with Crippen LogP contribution in [0.15, 0.2) is 162 Å². The first-order valence-corrected chi connectivity index (χ1v) is 14.0. The lowest BCUT2D eigenvalue weighted by atomic mass is 9.84. The van der Waals surface area contributed by atoms with Gasteiger partial charge in [0.25, 0.3) is 0 Å². The zero-order chi connectivity index (χ0) is 27.2. The average Bonchev–Trinajstić information content (AvgIpc) is 3.43. The van der Waals surface area contributed by atoms with Crippen LogP contribution in [0.1, 0.15) is 0 Å². The zero-order valence-corrected chi connectivity index (χ0v) is 22.4. The minimum Gasteiger partial charge on any atom is -0.455 e. The highest BCUT2D eigenvalue weighted by Crippen LogP contribution is 2.49. The van der Waals surface area contributed by atoms with Gasteiger partial charge in [-0.25, -0.2) is 0 Å². The Balaban J connectivity index is 1.53. The first kappa shape index (κ1) is 23.5. The fourth-order valence-corrected chi connectivity index (χ4v) is 6.35. The largest absolute Gasteiger partial charge is 0.455 e. The predicted molar refractivity (Wildman–Crippen MR) is 173 cm³/mol. The van der Waals surface area contributed by atoms with Crippen molar-refractivity contribution in [2.75, 3.05) is 0 Å². The van der Waals surface area contributed by atoms with E-state index in [9.17, 15) is 0 Å². The van der Waals surface area contributed by atoms with Crippen LogP contribution in [0.3, 0.4) is 0 Å². The molecule has 1 nitrogen and oxygen atoms in total. The van der Waals surface area contributed by atoms with E-state index in [1.165, 1.54) is 43.8 Å². The number of hydrogen-bond donors (Lipinski definition) is 0. The van der Waals surface area contributed by atoms with E-state index in [-0.39, 0.29) is 0 Å². The van der Waals surface area contributed by atoms with Gasteiger partial charge in [0.15, 0.2) is 0 Å². The van der Waals surface area contributed by atoms with Crippen molar-refractivity contribution in [2.24, 2.45) is 0 Å². The maximum atomic E-state index is 6.79. The average molecular weight is 523 g/mol. The predicted octanol–water partition coefficient (Wildman–Crippen LogP) is 11.4. The Morgan fingerprint density at radius 1 is 0.293 bits per heavy atom. The second kappa shape index (κ2) is 9.66. The number of para-hydroxylation sites is 1. The Morgan fingerprint density at radius 3 is 1.34 bits per heavy atom. The minimum absolute atomic E-state index is 0.896. The molecule has 0 saturated carbocycles. The molecule has 0 atom stereocenters. The number of fused-ring (bicyclic) bond motifs is 3. The molecule has 1 heterocycles. The molecule has 1 aromatic heterocycles. The van der Waals surface area contributed by atoms with E-state index in [0.717, 1.165) is 33.4 Å². The van der Waals surface area contributed by atoms with Crippen LogP contribution in [0, 0.1) is 0 Å². The zero-order valence-electron chi connectivity index (χ0n) is 22.4. The van der Waals surface area contributed by atoms with Gasteiger partial charge in [0.05, 0.1) is 0 Å². The van der Waals surface area contributed by atoms with E-state index in [4.69, 9.17) is 4.42 Å². The van der Waals surface area contributed by atoms with Gasteiger partial charge < -0.3 is 4.42 Å². The van der Waals surface area contributed by atoms with Crippen molar-refractivity contribution in [1.29, 1.82) is 0 Å². The second-order valence-electron chi connectivity index (χ2n) is 10.4. The highest BCUT2D eigenvalue weighted by atomic mass is 16.3. The van der Waals surface area contributed by atoms with Gasteiger partial charge in [0.1, 0.15) is 11.3 Å². The number of rotatable bonds is 4. The molecule has 0 N–H and O–H groups in total. The Morgan fingerprint density at radius 2 is 0.732 bits per heavy atom. The van der Waals surface area contributed by atoms with Crippen molar-refractivity contribution in [2.45, 2.75) is 0 Å². The molecule has 0 aliphatic carbocycles. The molecule has 0 aliphatic heterocycles. The van der Waals surface area contributed by atoms with Gasteiger partial charge >= 0.3 is 0 Å². The van der Waals surface area contributed by atoms with E-state index in [0.29, 0.717) is 0 Å². The third-order valence-electron chi connectivity index (χ3n) is 8.10. The summed E-state index contributed by atoms with van der Waals surface area (Å²) in [5.41, 5.74) is 9.23. The Hall–Kier alpha value is -5.40. The summed E-state index contributed by atoms with van der Waals surface area (Å²) in [6.45, 7) is 0. The van der Waals surface area contributed by atoms with Crippen molar-refractivity contribution in [3.63, 3.8) is 0 Å². The Bertz CT molecular complexity index is 2130. The summed E-state index contributed by atoms with van der Waals surface area (Å²) in [5, 5.41) is 5.91. The fourth-order valence-electron chi connectivity index (χ4n) is 6.35. The summed E-state index contributed by atoms with van der Waals surface area (Å²) in [6.07, 6.45) is 0. The third kappa shape index (κ3) is 3.78. The molecule has 8 rings (SSSR count). The van der Waals surface area contributed by atoms with E-state index in [1.807, 2.05) is 6.07 Å². The van der Waals surface area contributed by atoms with E-state index in [2.05, 4.69) is 152 Å². The van der Waals surface area contributed by atoms with Crippen molar-refractivity contribution in [1.82, 2.24) is 0 Å². The Labute approximate surface area is 238 Å². The molecule has 7 aromatic carbocycles. The highest BCUT2D eigenvalue weighted by Gasteiger charge is 2.24. The molecule has 192 valence electrons. The summed E-state index contributed by atoms with van der Waals surface area (Å²) in [4.78, 5) is 0. The topological polar surface area (TPSA) is 13.1 Å². The second-order valence-corrected chi connectivity index (χ2v) is 10.4. The third-order valence-corrected chi connectivity index (χ3v) is 8.10. The van der Waals surface area contributed by atoms with Gasteiger partial charge in [0.2, 0.25) is 0 Å². The fraction of sp³-hybridized carbons (Fsp3) is 0. The van der Waals surface area contributed by atoms with Crippen LogP contribution in [-0.4, -0.2) is 0 Å². The lowest BCUT2D eigenvalue weighted by Crippen LogP contribution is -1.93. The summed E-state index contributed by atoms with van der Waals surface area (Å²) in [5.74, 6) is 0.910. The summed E-state index contributed by atoms with van der Waals surface area (Å²) in [6, 6.07) is 56.0. The van der Waals surface area contributed by atoms with Gasteiger partial charge in [-0.3, -0.25) is 0 Å². The molecule has 1 heteroatoms. The molecular formula is C40H26O. The molecule has 0 unspecified atom stereocenters. The van der Waals surface area contributed by atoms with Gasteiger partial charge in [-0.2, -0.15) is 0 Å². The molecule has 0 aliphatic rings. The Kier molecular flexibility index (Phi) is 5.53. The maximum Gasteiger partial charge on any atom is 0.144 e.